The molecular formula is C14H27NO. The molecule has 0 aromatic heterocycles. The maximum Gasteiger partial charge on any atom is 0.0814 e. The van der Waals surface area contributed by atoms with Crippen LogP contribution in [0.3, 0.4) is 0 Å². The van der Waals surface area contributed by atoms with Gasteiger partial charge in [0.15, 0.2) is 0 Å². The molecule has 0 amide bonds. The van der Waals surface area contributed by atoms with Gasteiger partial charge in [0.05, 0.1) is 11.2 Å². The van der Waals surface area contributed by atoms with E-state index in [4.69, 9.17) is 4.74 Å². The molecule has 1 N–H and O–H groups in total. The van der Waals surface area contributed by atoms with Gasteiger partial charge in [0, 0.05) is 13.1 Å². The van der Waals surface area contributed by atoms with Crippen LogP contribution >= 0.6 is 0 Å². The predicted molar refractivity (Wildman–Crippen MR) is 67.6 cm³/mol. The highest BCUT2D eigenvalue weighted by molar-refractivity contribution is 4.96. The second-order valence-electron chi connectivity index (χ2n) is 6.50. The maximum atomic E-state index is 6.55. The summed E-state index contributed by atoms with van der Waals surface area (Å²) in [5.74, 6) is 0.713. The van der Waals surface area contributed by atoms with Crippen molar-refractivity contribution in [3.05, 3.63) is 0 Å². The Morgan fingerprint density at radius 1 is 1.12 bits per heavy atom. The molecule has 1 saturated heterocycles. The zero-order valence-corrected chi connectivity index (χ0v) is 11.1. The molecule has 1 atom stereocenters. The van der Waals surface area contributed by atoms with Crippen LogP contribution in [0.1, 0.15) is 59.3 Å². The summed E-state index contributed by atoms with van der Waals surface area (Å²) < 4.78 is 6.55. The zero-order chi connectivity index (χ0) is 11.6. The molecule has 0 aromatic carbocycles. The topological polar surface area (TPSA) is 21.3 Å². The van der Waals surface area contributed by atoms with Crippen molar-refractivity contribution < 1.29 is 4.74 Å². The fraction of sp³-hybridized carbons (Fsp3) is 1.00. The van der Waals surface area contributed by atoms with Gasteiger partial charge in [-0.25, -0.2) is 0 Å². The van der Waals surface area contributed by atoms with Crippen molar-refractivity contribution in [3.63, 3.8) is 0 Å². The van der Waals surface area contributed by atoms with Gasteiger partial charge < -0.3 is 10.1 Å². The van der Waals surface area contributed by atoms with Crippen molar-refractivity contribution in [3.8, 4) is 0 Å². The van der Waals surface area contributed by atoms with Gasteiger partial charge in [-0.3, -0.25) is 0 Å². The third-order valence-corrected chi connectivity index (χ3v) is 4.01. The highest BCUT2D eigenvalue weighted by Crippen LogP contribution is 2.38. The van der Waals surface area contributed by atoms with Crippen LogP contribution < -0.4 is 5.32 Å². The van der Waals surface area contributed by atoms with E-state index in [1.165, 1.54) is 38.5 Å². The average molecular weight is 225 g/mol. The van der Waals surface area contributed by atoms with Gasteiger partial charge in [0.2, 0.25) is 0 Å². The van der Waals surface area contributed by atoms with Gasteiger partial charge in [-0.1, -0.05) is 33.1 Å². The minimum atomic E-state index is 0.0593. The number of rotatable bonds is 2. The molecule has 2 fully saturated rings. The maximum absolute atomic E-state index is 6.55. The van der Waals surface area contributed by atoms with Gasteiger partial charge in [-0.15, -0.1) is 0 Å². The van der Waals surface area contributed by atoms with Crippen LogP contribution in [0.2, 0.25) is 0 Å². The first-order chi connectivity index (χ1) is 7.54. The van der Waals surface area contributed by atoms with E-state index < -0.39 is 0 Å². The quantitative estimate of drug-likeness (QED) is 0.779. The summed E-state index contributed by atoms with van der Waals surface area (Å²) in [5.41, 5.74) is 0.226. The molecule has 0 bridgehead atoms. The van der Waals surface area contributed by atoms with E-state index in [-0.39, 0.29) is 11.2 Å². The summed E-state index contributed by atoms with van der Waals surface area (Å²) in [4.78, 5) is 0. The highest BCUT2D eigenvalue weighted by Gasteiger charge is 2.43. The van der Waals surface area contributed by atoms with E-state index in [2.05, 4.69) is 26.1 Å². The Labute approximate surface area is 100 Å². The molecule has 2 heteroatoms. The summed E-state index contributed by atoms with van der Waals surface area (Å²) >= 11 is 0. The van der Waals surface area contributed by atoms with E-state index in [1.54, 1.807) is 0 Å². The second kappa shape index (κ2) is 4.66. The first-order valence-corrected chi connectivity index (χ1v) is 6.95. The molecule has 0 radical (unpaired) electrons. The van der Waals surface area contributed by atoms with Gasteiger partial charge in [0.25, 0.3) is 0 Å². The number of morpholine rings is 1. The first-order valence-electron chi connectivity index (χ1n) is 6.95. The Morgan fingerprint density at radius 3 is 2.44 bits per heavy atom. The third kappa shape index (κ3) is 2.78. The van der Waals surface area contributed by atoms with Crippen LogP contribution in [0, 0.1) is 5.92 Å². The van der Waals surface area contributed by atoms with Crippen LogP contribution in [0.25, 0.3) is 0 Å². The number of hydrogen-bond donors (Lipinski definition) is 1. The van der Waals surface area contributed by atoms with Crippen LogP contribution in [0.15, 0.2) is 0 Å². The fourth-order valence-electron chi connectivity index (χ4n) is 3.60. The zero-order valence-electron chi connectivity index (χ0n) is 11.1. The van der Waals surface area contributed by atoms with Gasteiger partial charge >= 0.3 is 0 Å². The van der Waals surface area contributed by atoms with E-state index in [0.29, 0.717) is 5.92 Å². The lowest BCUT2D eigenvalue weighted by atomic mass is 9.81. The van der Waals surface area contributed by atoms with E-state index >= 15 is 0 Å². The Bertz CT molecular complexity index is 227. The molecule has 2 nitrogen and oxygen atoms in total. The van der Waals surface area contributed by atoms with Crippen molar-refractivity contribution in [1.29, 1.82) is 0 Å². The summed E-state index contributed by atoms with van der Waals surface area (Å²) in [6, 6.07) is 0. The lowest BCUT2D eigenvalue weighted by Crippen LogP contribution is -2.60. The number of nitrogens with one attached hydrogen (secondary N) is 1. The molecule has 0 aromatic rings. The molecule has 1 heterocycles. The summed E-state index contributed by atoms with van der Waals surface area (Å²) in [6.07, 6.45) is 7.77. The second-order valence-corrected chi connectivity index (χ2v) is 6.50. The monoisotopic (exact) mass is 225 g/mol. The molecule has 94 valence electrons. The van der Waals surface area contributed by atoms with Crippen molar-refractivity contribution >= 4 is 0 Å². The molecule has 1 spiro atoms. The predicted octanol–water partition coefficient (Wildman–Crippen LogP) is 3.11. The molecule has 1 aliphatic carbocycles. The molecule has 1 unspecified atom stereocenters. The molecule has 16 heavy (non-hydrogen) atoms. The minimum Gasteiger partial charge on any atom is -0.366 e. The molecule has 2 aliphatic rings. The van der Waals surface area contributed by atoms with Gasteiger partial charge in [-0.2, -0.15) is 0 Å². The normalized spacial score (nSPS) is 34.5. The number of ether oxygens (including phenoxy) is 1. The Kier molecular flexibility index (Phi) is 3.60. The van der Waals surface area contributed by atoms with Crippen molar-refractivity contribution in [2.24, 2.45) is 5.92 Å². The molecule has 1 saturated carbocycles. The largest absolute Gasteiger partial charge is 0.366 e. The first kappa shape index (κ1) is 12.4. The summed E-state index contributed by atoms with van der Waals surface area (Å²) in [5, 5.41) is 3.62. The van der Waals surface area contributed by atoms with Crippen molar-refractivity contribution in [2.45, 2.75) is 70.5 Å². The molecular weight excluding hydrogens is 198 g/mol. The van der Waals surface area contributed by atoms with E-state index in [0.717, 1.165) is 13.1 Å². The SMILES string of the molecule is CC(C)CC1(C)CNCC2(CCCCC2)O1. The van der Waals surface area contributed by atoms with Crippen molar-refractivity contribution in [2.75, 3.05) is 13.1 Å². The summed E-state index contributed by atoms with van der Waals surface area (Å²) in [7, 11) is 0. The third-order valence-electron chi connectivity index (χ3n) is 4.01. The standard InChI is InChI=1S/C14H27NO/c1-12(2)9-13(3)10-15-11-14(16-13)7-5-4-6-8-14/h12,15H,4-11H2,1-3H3. The van der Waals surface area contributed by atoms with Crippen LogP contribution in [0.4, 0.5) is 0 Å². The Morgan fingerprint density at radius 2 is 1.81 bits per heavy atom. The lowest BCUT2D eigenvalue weighted by Gasteiger charge is -2.49. The summed E-state index contributed by atoms with van der Waals surface area (Å²) in [6.45, 7) is 8.96. The average Bonchev–Trinajstić information content (AvgIpc) is 2.16. The van der Waals surface area contributed by atoms with Gasteiger partial charge in [-0.05, 0) is 32.1 Å². The van der Waals surface area contributed by atoms with Crippen LogP contribution in [-0.2, 0) is 4.74 Å². The van der Waals surface area contributed by atoms with Gasteiger partial charge in [0.1, 0.15) is 0 Å². The smallest absolute Gasteiger partial charge is 0.0814 e. The highest BCUT2D eigenvalue weighted by atomic mass is 16.5. The van der Waals surface area contributed by atoms with E-state index in [9.17, 15) is 0 Å². The Balaban J connectivity index is 2.02. The number of hydrogen-bond acceptors (Lipinski definition) is 2. The molecule has 1 aliphatic heterocycles. The van der Waals surface area contributed by atoms with Crippen LogP contribution in [-0.4, -0.2) is 24.3 Å². The molecule has 2 rings (SSSR count). The Hall–Kier alpha value is -0.0800. The lowest BCUT2D eigenvalue weighted by molar-refractivity contribution is -0.189. The van der Waals surface area contributed by atoms with E-state index in [1.807, 2.05) is 0 Å². The van der Waals surface area contributed by atoms with Crippen LogP contribution in [0.5, 0.6) is 0 Å². The fourth-order valence-corrected chi connectivity index (χ4v) is 3.60. The van der Waals surface area contributed by atoms with Crippen molar-refractivity contribution in [1.82, 2.24) is 5.32 Å². The minimum absolute atomic E-state index is 0.0593.